The summed E-state index contributed by atoms with van der Waals surface area (Å²) in [6, 6.07) is 15.4. The van der Waals surface area contributed by atoms with Gasteiger partial charge >= 0.3 is 0 Å². The number of anilines is 1. The minimum absolute atomic E-state index is 0.0721. The summed E-state index contributed by atoms with van der Waals surface area (Å²) in [6.45, 7) is 2.85. The van der Waals surface area contributed by atoms with Crippen LogP contribution in [0.3, 0.4) is 0 Å². The zero-order valence-electron chi connectivity index (χ0n) is 15.9. The number of rotatable bonds is 9. The van der Waals surface area contributed by atoms with Crippen molar-refractivity contribution in [3.63, 3.8) is 0 Å². The molecule has 8 nitrogen and oxygen atoms in total. The third-order valence-corrected chi connectivity index (χ3v) is 4.45. The number of aromatic nitrogens is 2. The van der Waals surface area contributed by atoms with Gasteiger partial charge in [0, 0.05) is 0 Å². The molecule has 0 bridgehead atoms. The fraction of sp³-hybridized carbons (Fsp3) is 0.200. The van der Waals surface area contributed by atoms with Crippen LogP contribution in [0.4, 0.5) is 5.13 Å². The van der Waals surface area contributed by atoms with Crippen molar-refractivity contribution in [2.75, 3.05) is 12.3 Å². The second kappa shape index (κ2) is 10.2. The molecular weight excluding hydrogens is 390 g/mol. The molecule has 0 radical (unpaired) electrons. The Balaban J connectivity index is 1.59. The van der Waals surface area contributed by atoms with Crippen molar-refractivity contribution in [2.45, 2.75) is 20.0 Å². The summed E-state index contributed by atoms with van der Waals surface area (Å²) >= 11 is 1.17. The van der Waals surface area contributed by atoms with Gasteiger partial charge in [-0.25, -0.2) is 5.43 Å². The molecule has 3 rings (SSSR count). The van der Waals surface area contributed by atoms with E-state index in [2.05, 4.69) is 20.7 Å². The van der Waals surface area contributed by atoms with Crippen LogP contribution in [0.2, 0.25) is 0 Å². The molecule has 1 aromatic heterocycles. The number of benzene rings is 2. The van der Waals surface area contributed by atoms with E-state index in [0.29, 0.717) is 34.9 Å². The molecule has 0 aliphatic carbocycles. The predicted octanol–water partition coefficient (Wildman–Crippen LogP) is 2.79. The SMILES string of the molecule is CCOc1cc(C=NNC(=O)Cc2nnc(N)s2)ccc1OCc1ccccc1. The van der Waals surface area contributed by atoms with E-state index in [1.165, 1.54) is 17.6 Å². The van der Waals surface area contributed by atoms with E-state index in [9.17, 15) is 4.79 Å². The van der Waals surface area contributed by atoms with Gasteiger partial charge in [0.25, 0.3) is 0 Å². The Bertz CT molecular complexity index is 975. The largest absolute Gasteiger partial charge is 0.490 e. The number of hydrogen-bond acceptors (Lipinski definition) is 8. The van der Waals surface area contributed by atoms with Crippen molar-refractivity contribution in [2.24, 2.45) is 5.10 Å². The molecule has 0 fully saturated rings. The Hall–Kier alpha value is -3.46. The summed E-state index contributed by atoms with van der Waals surface area (Å²) in [7, 11) is 0. The van der Waals surface area contributed by atoms with Crippen molar-refractivity contribution in [3.05, 3.63) is 64.7 Å². The molecule has 29 heavy (non-hydrogen) atoms. The summed E-state index contributed by atoms with van der Waals surface area (Å²) < 4.78 is 11.6. The van der Waals surface area contributed by atoms with Gasteiger partial charge in [0.1, 0.15) is 11.6 Å². The molecule has 0 aliphatic heterocycles. The molecule has 1 amide bonds. The molecule has 0 saturated carbocycles. The van der Waals surface area contributed by atoms with Crippen LogP contribution in [0.1, 0.15) is 23.1 Å². The molecule has 0 aliphatic rings. The van der Waals surface area contributed by atoms with E-state index in [-0.39, 0.29) is 12.3 Å². The predicted molar refractivity (Wildman–Crippen MR) is 112 cm³/mol. The maximum Gasteiger partial charge on any atom is 0.247 e. The lowest BCUT2D eigenvalue weighted by molar-refractivity contribution is -0.120. The summed E-state index contributed by atoms with van der Waals surface area (Å²) in [5, 5.41) is 12.3. The lowest BCUT2D eigenvalue weighted by Gasteiger charge is -2.12. The Morgan fingerprint density at radius 2 is 2.00 bits per heavy atom. The Morgan fingerprint density at radius 1 is 1.17 bits per heavy atom. The van der Waals surface area contributed by atoms with Crippen LogP contribution in [-0.4, -0.2) is 28.9 Å². The first kappa shape index (κ1) is 20.3. The van der Waals surface area contributed by atoms with Gasteiger partial charge in [-0.3, -0.25) is 4.79 Å². The molecule has 0 atom stereocenters. The van der Waals surface area contributed by atoms with Gasteiger partial charge in [-0.1, -0.05) is 41.7 Å². The molecule has 2 aromatic carbocycles. The molecule has 150 valence electrons. The number of nitrogens with one attached hydrogen (secondary N) is 1. The highest BCUT2D eigenvalue weighted by atomic mass is 32.1. The van der Waals surface area contributed by atoms with E-state index in [1.807, 2.05) is 55.5 Å². The Morgan fingerprint density at radius 3 is 2.72 bits per heavy atom. The average Bonchev–Trinajstić information content (AvgIpc) is 3.13. The van der Waals surface area contributed by atoms with Gasteiger partial charge in [-0.2, -0.15) is 5.10 Å². The van der Waals surface area contributed by atoms with E-state index in [0.717, 1.165) is 11.1 Å². The average molecular weight is 411 g/mol. The third-order valence-electron chi connectivity index (χ3n) is 3.70. The minimum atomic E-state index is -0.301. The monoisotopic (exact) mass is 411 g/mol. The van der Waals surface area contributed by atoms with Crippen LogP contribution in [0, 0.1) is 0 Å². The first-order valence-electron chi connectivity index (χ1n) is 8.97. The number of amides is 1. The van der Waals surface area contributed by atoms with Gasteiger partial charge in [-0.05, 0) is 36.2 Å². The van der Waals surface area contributed by atoms with Gasteiger partial charge in [0.2, 0.25) is 11.0 Å². The van der Waals surface area contributed by atoms with Crippen LogP contribution < -0.4 is 20.6 Å². The normalized spacial score (nSPS) is 10.8. The first-order valence-corrected chi connectivity index (χ1v) is 9.79. The highest BCUT2D eigenvalue weighted by Gasteiger charge is 2.08. The van der Waals surface area contributed by atoms with Crippen LogP contribution in [0.15, 0.2) is 53.6 Å². The van der Waals surface area contributed by atoms with Crippen molar-refractivity contribution < 1.29 is 14.3 Å². The van der Waals surface area contributed by atoms with E-state index < -0.39 is 0 Å². The summed E-state index contributed by atoms with van der Waals surface area (Å²) in [5.41, 5.74) is 9.79. The topological polar surface area (TPSA) is 112 Å². The molecule has 0 unspecified atom stereocenters. The highest BCUT2D eigenvalue weighted by molar-refractivity contribution is 7.15. The quantitative estimate of drug-likeness (QED) is 0.414. The Kier molecular flexibility index (Phi) is 7.12. The molecule has 1 heterocycles. The highest BCUT2D eigenvalue weighted by Crippen LogP contribution is 2.28. The van der Waals surface area contributed by atoms with Crippen molar-refractivity contribution >= 4 is 28.6 Å². The number of nitrogens with two attached hydrogens (primary N) is 1. The molecule has 3 aromatic rings. The standard InChI is InChI=1S/C20H21N5O3S/c1-2-27-17-10-15(8-9-16(17)28-13-14-6-4-3-5-7-14)12-22-23-18(26)11-19-24-25-20(21)29-19/h3-10,12H,2,11,13H2,1H3,(H2,21,25)(H,23,26). The number of nitrogens with zero attached hydrogens (tertiary/aromatic N) is 3. The maximum atomic E-state index is 11.9. The van der Waals surface area contributed by atoms with Gasteiger partial charge in [-0.15, -0.1) is 10.2 Å². The van der Waals surface area contributed by atoms with Crippen molar-refractivity contribution in [3.8, 4) is 11.5 Å². The molecule has 9 heteroatoms. The summed E-state index contributed by atoms with van der Waals surface area (Å²) in [5.74, 6) is 0.957. The molecule has 0 saturated heterocycles. The number of nitrogen functional groups attached to an aromatic ring is 1. The fourth-order valence-electron chi connectivity index (χ4n) is 2.42. The van der Waals surface area contributed by atoms with Crippen LogP contribution >= 0.6 is 11.3 Å². The molecule has 3 N–H and O–H groups in total. The third kappa shape index (κ3) is 6.28. The number of hydrogen-bond donors (Lipinski definition) is 2. The van der Waals surface area contributed by atoms with Gasteiger partial charge in [0.15, 0.2) is 11.5 Å². The van der Waals surface area contributed by atoms with E-state index in [4.69, 9.17) is 15.2 Å². The Labute approximate surface area is 172 Å². The number of carbonyl (C=O) groups is 1. The summed E-state index contributed by atoms with van der Waals surface area (Å²) in [4.78, 5) is 11.9. The van der Waals surface area contributed by atoms with E-state index >= 15 is 0 Å². The zero-order valence-corrected chi connectivity index (χ0v) is 16.7. The molecular formula is C20H21N5O3S. The van der Waals surface area contributed by atoms with Crippen LogP contribution in [0.5, 0.6) is 11.5 Å². The fourth-order valence-corrected chi connectivity index (χ4v) is 3.03. The van der Waals surface area contributed by atoms with Gasteiger partial charge in [0.05, 0.1) is 19.2 Å². The second-order valence-electron chi connectivity index (χ2n) is 5.92. The molecule has 0 spiro atoms. The summed E-state index contributed by atoms with van der Waals surface area (Å²) in [6.07, 6.45) is 1.61. The minimum Gasteiger partial charge on any atom is -0.490 e. The maximum absolute atomic E-state index is 11.9. The smallest absolute Gasteiger partial charge is 0.247 e. The number of carbonyl (C=O) groups excluding carboxylic acids is 1. The van der Waals surface area contributed by atoms with E-state index in [1.54, 1.807) is 0 Å². The van der Waals surface area contributed by atoms with Gasteiger partial charge < -0.3 is 15.2 Å². The van der Waals surface area contributed by atoms with Crippen LogP contribution in [-0.2, 0) is 17.8 Å². The second-order valence-corrected chi connectivity index (χ2v) is 7.01. The zero-order chi connectivity index (χ0) is 20.5. The van der Waals surface area contributed by atoms with Crippen molar-refractivity contribution in [1.82, 2.24) is 15.6 Å². The lowest BCUT2D eigenvalue weighted by Crippen LogP contribution is -2.19. The first-order chi connectivity index (χ1) is 14.1. The number of hydrazone groups is 1. The van der Waals surface area contributed by atoms with Crippen LogP contribution in [0.25, 0.3) is 0 Å². The number of ether oxygens (including phenoxy) is 2. The lowest BCUT2D eigenvalue weighted by atomic mass is 10.2. The van der Waals surface area contributed by atoms with Crippen molar-refractivity contribution in [1.29, 1.82) is 0 Å².